The molecule has 7 nitrogen and oxygen atoms in total. The summed E-state index contributed by atoms with van der Waals surface area (Å²) in [7, 11) is 3.20. The molecule has 2 atom stereocenters. The van der Waals surface area contributed by atoms with Gasteiger partial charge in [0.05, 0.1) is 26.9 Å². The molecular weight excluding hydrogens is 368 g/mol. The molecular formula is C22H38N4O3. The van der Waals surface area contributed by atoms with E-state index in [4.69, 9.17) is 9.47 Å². The highest BCUT2D eigenvalue weighted by Gasteiger charge is 2.20. The molecule has 0 radical (unpaired) electrons. The van der Waals surface area contributed by atoms with Gasteiger partial charge in [-0.05, 0) is 50.4 Å². The van der Waals surface area contributed by atoms with Gasteiger partial charge in [0.25, 0.3) is 0 Å². The quantitative estimate of drug-likeness (QED) is 0.409. The maximum Gasteiger partial charge on any atom is 0.191 e. The van der Waals surface area contributed by atoms with E-state index in [0.29, 0.717) is 17.5 Å². The molecule has 0 bridgehead atoms. The summed E-state index contributed by atoms with van der Waals surface area (Å²) >= 11 is 0. The van der Waals surface area contributed by atoms with Crippen LogP contribution in [0.1, 0.15) is 51.2 Å². The minimum atomic E-state index is -0.735. The van der Waals surface area contributed by atoms with Gasteiger partial charge in [0, 0.05) is 31.7 Å². The largest absolute Gasteiger partial charge is 0.497 e. The molecule has 0 saturated carbocycles. The van der Waals surface area contributed by atoms with Crippen molar-refractivity contribution < 1.29 is 14.6 Å². The highest BCUT2D eigenvalue weighted by Crippen LogP contribution is 2.26. The molecule has 1 aliphatic rings. The Morgan fingerprint density at radius 1 is 1.17 bits per heavy atom. The van der Waals surface area contributed by atoms with Crippen molar-refractivity contribution in [2.24, 2.45) is 4.99 Å². The number of aliphatic hydroxyl groups excluding tert-OH is 1. The number of hydrogen-bond acceptors (Lipinski definition) is 5. The molecule has 2 rings (SSSR count). The number of methoxy groups -OCH3 is 2. The highest BCUT2D eigenvalue weighted by atomic mass is 16.5. The molecule has 164 valence electrons. The second-order valence-corrected chi connectivity index (χ2v) is 7.40. The van der Waals surface area contributed by atoms with Gasteiger partial charge in [-0.2, -0.15) is 0 Å². The predicted molar refractivity (Wildman–Crippen MR) is 118 cm³/mol. The first-order chi connectivity index (χ1) is 14.1. The van der Waals surface area contributed by atoms with Gasteiger partial charge >= 0.3 is 0 Å². The Kier molecular flexibility index (Phi) is 10.1. The molecule has 1 aliphatic heterocycles. The van der Waals surface area contributed by atoms with Crippen molar-refractivity contribution in [2.75, 3.05) is 46.9 Å². The summed E-state index contributed by atoms with van der Waals surface area (Å²) in [6.45, 7) is 8.38. The summed E-state index contributed by atoms with van der Waals surface area (Å²) in [6, 6.07) is 6.11. The third-order valence-electron chi connectivity index (χ3n) is 5.44. The van der Waals surface area contributed by atoms with E-state index >= 15 is 0 Å². The average Bonchev–Trinajstić information content (AvgIpc) is 2.77. The van der Waals surface area contributed by atoms with Gasteiger partial charge in [0.15, 0.2) is 5.96 Å². The van der Waals surface area contributed by atoms with Gasteiger partial charge in [0.1, 0.15) is 11.5 Å². The SMILES string of the molecule is CCNC(=NCC(O)c1cc(OC)cc(OC)c1)NCCN1CCCCC1CC. The third kappa shape index (κ3) is 7.40. The van der Waals surface area contributed by atoms with Gasteiger partial charge in [-0.3, -0.25) is 9.89 Å². The molecule has 1 saturated heterocycles. The van der Waals surface area contributed by atoms with Crippen LogP contribution in [0.4, 0.5) is 0 Å². The number of aliphatic hydroxyl groups is 1. The number of likely N-dealkylation sites (tertiary alicyclic amines) is 1. The van der Waals surface area contributed by atoms with Gasteiger partial charge in [-0.1, -0.05) is 13.3 Å². The first kappa shape index (κ1) is 23.3. The molecule has 29 heavy (non-hydrogen) atoms. The van der Waals surface area contributed by atoms with Gasteiger partial charge < -0.3 is 25.2 Å². The lowest BCUT2D eigenvalue weighted by Crippen LogP contribution is -2.46. The molecule has 1 aromatic carbocycles. The number of nitrogens with zero attached hydrogens (tertiary/aromatic N) is 2. The van der Waals surface area contributed by atoms with E-state index in [0.717, 1.165) is 31.2 Å². The minimum Gasteiger partial charge on any atom is -0.497 e. The zero-order valence-electron chi connectivity index (χ0n) is 18.4. The molecule has 0 aliphatic carbocycles. The van der Waals surface area contributed by atoms with E-state index in [1.165, 1.54) is 32.2 Å². The Morgan fingerprint density at radius 2 is 1.90 bits per heavy atom. The van der Waals surface area contributed by atoms with Crippen LogP contribution in [0, 0.1) is 0 Å². The zero-order valence-corrected chi connectivity index (χ0v) is 18.4. The topological polar surface area (TPSA) is 78.4 Å². The Hall–Kier alpha value is -1.99. The van der Waals surface area contributed by atoms with Crippen LogP contribution in [-0.4, -0.2) is 69.0 Å². The normalized spacial score (nSPS) is 18.9. The van der Waals surface area contributed by atoms with Crippen molar-refractivity contribution in [1.82, 2.24) is 15.5 Å². The summed E-state index contributed by atoms with van der Waals surface area (Å²) in [4.78, 5) is 7.15. The van der Waals surface area contributed by atoms with Crippen LogP contribution >= 0.6 is 0 Å². The van der Waals surface area contributed by atoms with Gasteiger partial charge in [-0.15, -0.1) is 0 Å². The Morgan fingerprint density at radius 3 is 2.52 bits per heavy atom. The van der Waals surface area contributed by atoms with Gasteiger partial charge in [0.2, 0.25) is 0 Å². The van der Waals surface area contributed by atoms with E-state index in [-0.39, 0.29) is 6.54 Å². The highest BCUT2D eigenvalue weighted by molar-refractivity contribution is 5.79. The zero-order chi connectivity index (χ0) is 21.1. The van der Waals surface area contributed by atoms with Crippen molar-refractivity contribution in [2.45, 2.75) is 51.7 Å². The smallest absolute Gasteiger partial charge is 0.191 e. The maximum absolute atomic E-state index is 10.6. The van der Waals surface area contributed by atoms with E-state index in [1.807, 2.05) is 19.1 Å². The van der Waals surface area contributed by atoms with Crippen molar-refractivity contribution in [3.05, 3.63) is 23.8 Å². The predicted octanol–water partition coefficient (Wildman–Crippen LogP) is 2.56. The average molecular weight is 407 g/mol. The monoisotopic (exact) mass is 406 g/mol. The molecule has 7 heteroatoms. The first-order valence-electron chi connectivity index (χ1n) is 10.8. The Balaban J connectivity index is 1.92. The number of guanidine groups is 1. The Labute approximate surface area is 175 Å². The summed E-state index contributed by atoms with van der Waals surface area (Å²) in [5.41, 5.74) is 0.722. The van der Waals surface area contributed by atoms with Crippen LogP contribution in [0.15, 0.2) is 23.2 Å². The van der Waals surface area contributed by atoms with Crippen LogP contribution in [-0.2, 0) is 0 Å². The number of ether oxygens (including phenoxy) is 2. The molecule has 3 N–H and O–H groups in total. The Bertz CT molecular complexity index is 616. The van der Waals surface area contributed by atoms with Crippen LogP contribution in [0.5, 0.6) is 11.5 Å². The lowest BCUT2D eigenvalue weighted by atomic mass is 10.0. The number of nitrogens with one attached hydrogen (secondary N) is 2. The number of hydrogen-bond donors (Lipinski definition) is 3. The van der Waals surface area contributed by atoms with Crippen molar-refractivity contribution in [1.29, 1.82) is 0 Å². The number of aliphatic imine (C=N–C) groups is 1. The summed E-state index contributed by atoms with van der Waals surface area (Å²) in [6.07, 6.45) is 4.42. The molecule has 0 aromatic heterocycles. The molecule has 2 unspecified atom stereocenters. The van der Waals surface area contributed by atoms with Crippen LogP contribution < -0.4 is 20.1 Å². The van der Waals surface area contributed by atoms with Crippen molar-refractivity contribution >= 4 is 5.96 Å². The van der Waals surface area contributed by atoms with Crippen molar-refractivity contribution in [3.8, 4) is 11.5 Å². The fourth-order valence-electron chi connectivity index (χ4n) is 3.78. The number of rotatable bonds is 10. The summed E-state index contributed by atoms with van der Waals surface area (Å²) in [5, 5.41) is 17.3. The fourth-order valence-corrected chi connectivity index (χ4v) is 3.78. The summed E-state index contributed by atoms with van der Waals surface area (Å²) < 4.78 is 10.6. The van der Waals surface area contributed by atoms with Crippen LogP contribution in [0.3, 0.4) is 0 Å². The van der Waals surface area contributed by atoms with Crippen LogP contribution in [0.25, 0.3) is 0 Å². The van der Waals surface area contributed by atoms with E-state index in [1.54, 1.807) is 20.3 Å². The van der Waals surface area contributed by atoms with E-state index in [9.17, 15) is 5.11 Å². The maximum atomic E-state index is 10.6. The molecule has 0 amide bonds. The molecule has 1 heterocycles. The first-order valence-corrected chi connectivity index (χ1v) is 10.8. The number of benzene rings is 1. The summed E-state index contributed by atoms with van der Waals surface area (Å²) in [5.74, 6) is 2.03. The van der Waals surface area contributed by atoms with E-state index in [2.05, 4.69) is 27.4 Å². The lowest BCUT2D eigenvalue weighted by Gasteiger charge is -2.35. The molecule has 1 fully saturated rings. The second-order valence-electron chi connectivity index (χ2n) is 7.40. The standard InChI is InChI=1S/C22H38N4O3/c1-5-18-9-7-8-11-26(18)12-10-24-22(23-6-2)25-16-21(27)17-13-19(28-3)15-20(14-17)29-4/h13-15,18,21,27H,5-12,16H2,1-4H3,(H2,23,24,25). The van der Waals surface area contributed by atoms with Gasteiger partial charge in [-0.25, -0.2) is 0 Å². The molecule has 0 spiro atoms. The van der Waals surface area contributed by atoms with E-state index < -0.39 is 6.10 Å². The van der Waals surface area contributed by atoms with Crippen molar-refractivity contribution in [3.63, 3.8) is 0 Å². The molecule has 1 aromatic rings. The van der Waals surface area contributed by atoms with Crippen LogP contribution in [0.2, 0.25) is 0 Å². The minimum absolute atomic E-state index is 0.257. The second kappa shape index (κ2) is 12.5. The third-order valence-corrected chi connectivity index (χ3v) is 5.44. The fraction of sp³-hybridized carbons (Fsp3) is 0.682. The number of piperidine rings is 1. The lowest BCUT2D eigenvalue weighted by molar-refractivity contribution is 0.147.